The van der Waals surface area contributed by atoms with Crippen LogP contribution in [0.3, 0.4) is 0 Å². The van der Waals surface area contributed by atoms with Gasteiger partial charge in [0.25, 0.3) is 15.0 Å². The maximum atomic E-state index is 11.8. The van der Waals surface area contributed by atoms with E-state index in [0.717, 1.165) is 12.8 Å². The summed E-state index contributed by atoms with van der Waals surface area (Å²) in [5.74, 6) is -0.310. The standard InChI is InChI=1S/C11H15ClN2O3S/c1-11(3-2-4-11)7-14-10(15)9-5-8(6-13-9)18(12,16)17/h5-6,13H,2-4,7H2,1H3,(H,14,15). The van der Waals surface area contributed by atoms with Gasteiger partial charge in [-0.05, 0) is 24.3 Å². The lowest BCUT2D eigenvalue weighted by Gasteiger charge is -2.38. The number of nitrogens with one attached hydrogen (secondary N) is 2. The highest BCUT2D eigenvalue weighted by atomic mass is 35.7. The molecule has 1 amide bonds. The fraction of sp³-hybridized carbons (Fsp3) is 0.545. The van der Waals surface area contributed by atoms with Crippen LogP contribution < -0.4 is 5.32 Å². The van der Waals surface area contributed by atoms with Gasteiger partial charge in [0, 0.05) is 23.4 Å². The highest BCUT2D eigenvalue weighted by Gasteiger charge is 2.32. The normalized spacial score (nSPS) is 18.1. The van der Waals surface area contributed by atoms with E-state index in [1.807, 2.05) is 0 Å². The number of carbonyl (C=O) groups is 1. The first-order valence-corrected chi connectivity index (χ1v) is 8.02. The lowest BCUT2D eigenvalue weighted by Crippen LogP contribution is -2.40. The molecule has 0 aromatic carbocycles. The van der Waals surface area contributed by atoms with Crippen LogP contribution in [0.25, 0.3) is 0 Å². The van der Waals surface area contributed by atoms with E-state index >= 15 is 0 Å². The number of aromatic nitrogens is 1. The van der Waals surface area contributed by atoms with Gasteiger partial charge in [-0.2, -0.15) is 0 Å². The topological polar surface area (TPSA) is 79.0 Å². The van der Waals surface area contributed by atoms with Crippen LogP contribution in [0, 0.1) is 5.41 Å². The highest BCUT2D eigenvalue weighted by Crippen LogP contribution is 2.39. The molecule has 1 aromatic rings. The molecule has 0 aliphatic heterocycles. The number of carbonyl (C=O) groups excluding carboxylic acids is 1. The van der Waals surface area contributed by atoms with Crippen LogP contribution in [0.1, 0.15) is 36.7 Å². The molecule has 0 radical (unpaired) electrons. The molecule has 0 bridgehead atoms. The maximum Gasteiger partial charge on any atom is 0.267 e. The van der Waals surface area contributed by atoms with Crippen molar-refractivity contribution in [3.8, 4) is 0 Å². The van der Waals surface area contributed by atoms with Crippen molar-refractivity contribution in [2.45, 2.75) is 31.1 Å². The quantitative estimate of drug-likeness (QED) is 0.831. The van der Waals surface area contributed by atoms with Crippen molar-refractivity contribution in [3.63, 3.8) is 0 Å². The molecule has 0 atom stereocenters. The van der Waals surface area contributed by atoms with Crippen molar-refractivity contribution in [2.24, 2.45) is 5.41 Å². The molecular weight excluding hydrogens is 276 g/mol. The maximum absolute atomic E-state index is 11.8. The average molecular weight is 291 g/mol. The number of amides is 1. The number of aromatic amines is 1. The number of H-pyrrole nitrogens is 1. The summed E-state index contributed by atoms with van der Waals surface area (Å²) in [6, 6.07) is 1.24. The minimum absolute atomic E-state index is 0.0934. The summed E-state index contributed by atoms with van der Waals surface area (Å²) < 4.78 is 22.1. The van der Waals surface area contributed by atoms with E-state index in [0.29, 0.717) is 6.54 Å². The number of halogens is 1. The van der Waals surface area contributed by atoms with Crippen LogP contribution in [0.5, 0.6) is 0 Å². The SMILES string of the molecule is CC1(CNC(=O)c2cc(S(=O)(=O)Cl)c[nH]2)CCC1. The zero-order chi connectivity index (χ0) is 13.4. The van der Waals surface area contributed by atoms with Crippen molar-refractivity contribution < 1.29 is 13.2 Å². The summed E-state index contributed by atoms with van der Waals surface area (Å²) in [6.07, 6.45) is 4.63. The van der Waals surface area contributed by atoms with Crippen molar-refractivity contribution in [1.29, 1.82) is 0 Å². The van der Waals surface area contributed by atoms with Crippen molar-refractivity contribution in [3.05, 3.63) is 18.0 Å². The minimum atomic E-state index is -3.79. The fourth-order valence-corrected chi connectivity index (χ4v) is 2.72. The lowest BCUT2D eigenvalue weighted by molar-refractivity contribution is 0.0886. The zero-order valence-corrected chi connectivity index (χ0v) is 11.6. The van der Waals surface area contributed by atoms with Gasteiger partial charge >= 0.3 is 0 Å². The summed E-state index contributed by atoms with van der Waals surface area (Å²) >= 11 is 0. The van der Waals surface area contributed by atoms with E-state index in [1.165, 1.54) is 18.7 Å². The third-order valence-electron chi connectivity index (χ3n) is 3.42. The van der Waals surface area contributed by atoms with Gasteiger partial charge in [-0.25, -0.2) is 8.42 Å². The van der Waals surface area contributed by atoms with Crippen LogP contribution in [0.4, 0.5) is 0 Å². The molecule has 1 saturated carbocycles. The molecule has 1 fully saturated rings. The molecule has 0 spiro atoms. The van der Waals surface area contributed by atoms with Gasteiger partial charge in [0.05, 0.1) is 0 Å². The van der Waals surface area contributed by atoms with Gasteiger partial charge in [-0.1, -0.05) is 13.3 Å². The number of rotatable bonds is 4. The average Bonchev–Trinajstić information content (AvgIpc) is 2.72. The zero-order valence-electron chi connectivity index (χ0n) is 9.99. The second-order valence-electron chi connectivity index (χ2n) is 5.03. The summed E-state index contributed by atoms with van der Waals surface area (Å²) in [7, 11) is 1.39. The van der Waals surface area contributed by atoms with Gasteiger partial charge < -0.3 is 10.3 Å². The van der Waals surface area contributed by atoms with Crippen LogP contribution in [-0.2, 0) is 9.05 Å². The van der Waals surface area contributed by atoms with Gasteiger partial charge in [0.15, 0.2) is 0 Å². The Morgan fingerprint density at radius 1 is 1.56 bits per heavy atom. The Labute approximate surface area is 110 Å². The molecule has 7 heteroatoms. The van der Waals surface area contributed by atoms with E-state index in [4.69, 9.17) is 10.7 Å². The lowest BCUT2D eigenvalue weighted by atomic mass is 9.70. The van der Waals surface area contributed by atoms with Crippen LogP contribution in [0.15, 0.2) is 17.2 Å². The first-order chi connectivity index (χ1) is 8.30. The van der Waals surface area contributed by atoms with Gasteiger partial charge in [0.1, 0.15) is 10.6 Å². The summed E-state index contributed by atoms with van der Waals surface area (Å²) in [4.78, 5) is 14.3. The van der Waals surface area contributed by atoms with E-state index in [1.54, 1.807) is 0 Å². The van der Waals surface area contributed by atoms with E-state index < -0.39 is 9.05 Å². The molecule has 2 N–H and O–H groups in total. The molecule has 18 heavy (non-hydrogen) atoms. The van der Waals surface area contributed by atoms with Crippen LogP contribution >= 0.6 is 10.7 Å². The van der Waals surface area contributed by atoms with Crippen molar-refractivity contribution >= 4 is 25.6 Å². The predicted octanol–water partition coefficient (Wildman–Crippen LogP) is 1.86. The Morgan fingerprint density at radius 3 is 2.67 bits per heavy atom. The minimum Gasteiger partial charge on any atom is -0.356 e. The Kier molecular flexibility index (Phi) is 3.42. The molecule has 2 rings (SSSR count). The molecule has 0 unspecified atom stereocenters. The monoisotopic (exact) mass is 290 g/mol. The molecule has 0 saturated heterocycles. The number of hydrogen-bond donors (Lipinski definition) is 2. The Bertz CT molecular complexity index is 561. The fourth-order valence-electron chi connectivity index (χ4n) is 1.99. The van der Waals surface area contributed by atoms with Crippen LogP contribution in [-0.4, -0.2) is 25.9 Å². The first kappa shape index (κ1) is 13.4. The highest BCUT2D eigenvalue weighted by molar-refractivity contribution is 8.13. The molecule has 1 aromatic heterocycles. The van der Waals surface area contributed by atoms with Gasteiger partial charge in [-0.15, -0.1) is 0 Å². The molecule has 1 aliphatic rings. The third-order valence-corrected chi connectivity index (χ3v) is 4.75. The molecular formula is C11H15ClN2O3S. The summed E-state index contributed by atoms with van der Waals surface area (Å²) in [6.45, 7) is 2.73. The number of hydrogen-bond acceptors (Lipinski definition) is 3. The summed E-state index contributed by atoms with van der Waals surface area (Å²) in [5, 5.41) is 2.80. The second kappa shape index (κ2) is 4.59. The Hall–Kier alpha value is -1.01. The van der Waals surface area contributed by atoms with E-state index in [-0.39, 0.29) is 21.9 Å². The van der Waals surface area contributed by atoms with E-state index in [9.17, 15) is 13.2 Å². The largest absolute Gasteiger partial charge is 0.356 e. The van der Waals surface area contributed by atoms with Gasteiger partial charge in [-0.3, -0.25) is 4.79 Å². The Morgan fingerprint density at radius 2 is 2.22 bits per heavy atom. The van der Waals surface area contributed by atoms with E-state index in [2.05, 4.69) is 17.2 Å². The third kappa shape index (κ3) is 2.87. The molecule has 1 aliphatic carbocycles. The molecule has 1 heterocycles. The van der Waals surface area contributed by atoms with Crippen LogP contribution in [0.2, 0.25) is 0 Å². The Balaban J connectivity index is 1.99. The van der Waals surface area contributed by atoms with Crippen molar-refractivity contribution in [2.75, 3.05) is 6.54 Å². The van der Waals surface area contributed by atoms with Gasteiger partial charge in [0.2, 0.25) is 0 Å². The first-order valence-electron chi connectivity index (χ1n) is 5.71. The predicted molar refractivity (Wildman–Crippen MR) is 68.1 cm³/mol. The van der Waals surface area contributed by atoms with Crippen molar-refractivity contribution in [1.82, 2.24) is 10.3 Å². The summed E-state index contributed by atoms with van der Waals surface area (Å²) in [5.41, 5.74) is 0.390. The smallest absolute Gasteiger partial charge is 0.267 e. The molecule has 5 nitrogen and oxygen atoms in total. The molecule has 100 valence electrons. The second-order valence-corrected chi connectivity index (χ2v) is 7.60.